The lowest BCUT2D eigenvalue weighted by Crippen LogP contribution is -2.23. The Morgan fingerprint density at radius 3 is 2.63 bits per heavy atom. The number of hydrogen-bond donors (Lipinski definition) is 1. The average molecular weight is 354 g/mol. The molecule has 0 aliphatic rings. The van der Waals surface area contributed by atoms with Crippen molar-refractivity contribution in [3.63, 3.8) is 0 Å². The van der Waals surface area contributed by atoms with E-state index in [-0.39, 0.29) is 5.91 Å². The minimum absolute atomic E-state index is 0.132. The van der Waals surface area contributed by atoms with Crippen LogP contribution >= 0.6 is 0 Å². The van der Waals surface area contributed by atoms with Crippen LogP contribution in [0.5, 0.6) is 0 Å². The van der Waals surface area contributed by atoms with Gasteiger partial charge in [0, 0.05) is 42.3 Å². The van der Waals surface area contributed by atoms with Gasteiger partial charge in [0.15, 0.2) is 0 Å². The third-order valence-corrected chi connectivity index (χ3v) is 4.36. The van der Waals surface area contributed by atoms with Gasteiger partial charge in [0.05, 0.1) is 16.8 Å². The van der Waals surface area contributed by atoms with E-state index in [0.29, 0.717) is 12.1 Å². The van der Waals surface area contributed by atoms with Gasteiger partial charge in [-0.2, -0.15) is 0 Å². The number of pyridine rings is 3. The first-order chi connectivity index (χ1) is 13.2. The number of carbonyl (C=O) groups excluding carboxylic acids is 1. The summed E-state index contributed by atoms with van der Waals surface area (Å²) in [6.45, 7) is 2.43. The van der Waals surface area contributed by atoms with Gasteiger partial charge in [0.2, 0.25) is 0 Å². The highest BCUT2D eigenvalue weighted by Gasteiger charge is 2.14. The fourth-order valence-electron chi connectivity index (χ4n) is 2.98. The van der Waals surface area contributed by atoms with Crippen LogP contribution in [-0.4, -0.2) is 20.9 Å². The monoisotopic (exact) mass is 354 g/mol. The minimum Gasteiger partial charge on any atom is -0.348 e. The van der Waals surface area contributed by atoms with Crippen LogP contribution in [0.15, 0.2) is 73.3 Å². The molecule has 0 radical (unpaired) electrons. The first kappa shape index (κ1) is 16.8. The fourth-order valence-corrected chi connectivity index (χ4v) is 2.98. The lowest BCUT2D eigenvalue weighted by Gasteiger charge is -2.11. The van der Waals surface area contributed by atoms with Gasteiger partial charge in [0.25, 0.3) is 5.91 Å². The highest BCUT2D eigenvalue weighted by molar-refractivity contribution is 6.07. The Morgan fingerprint density at radius 1 is 1.00 bits per heavy atom. The molecule has 0 saturated carbocycles. The number of nitrogens with zero attached hydrogens (tertiary/aromatic N) is 3. The van der Waals surface area contributed by atoms with Crippen LogP contribution < -0.4 is 5.32 Å². The number of rotatable bonds is 4. The summed E-state index contributed by atoms with van der Waals surface area (Å²) in [6.07, 6.45) is 6.90. The van der Waals surface area contributed by atoms with Crippen molar-refractivity contribution in [3.8, 4) is 11.3 Å². The highest BCUT2D eigenvalue weighted by Crippen LogP contribution is 2.25. The number of benzene rings is 1. The van der Waals surface area contributed by atoms with E-state index in [2.05, 4.69) is 15.3 Å². The molecule has 132 valence electrons. The van der Waals surface area contributed by atoms with Crippen LogP contribution in [0.25, 0.3) is 22.2 Å². The number of aromatic nitrogens is 3. The molecule has 0 bridgehead atoms. The fraction of sp³-hybridized carbons (Fsp3) is 0.0909. The molecule has 0 unspecified atom stereocenters. The van der Waals surface area contributed by atoms with E-state index in [9.17, 15) is 4.79 Å². The van der Waals surface area contributed by atoms with Crippen LogP contribution in [0.3, 0.4) is 0 Å². The van der Waals surface area contributed by atoms with Crippen molar-refractivity contribution in [1.29, 1.82) is 0 Å². The van der Waals surface area contributed by atoms with E-state index in [1.807, 2.05) is 55.5 Å². The van der Waals surface area contributed by atoms with Crippen LogP contribution in [-0.2, 0) is 6.54 Å². The number of carbonyl (C=O) groups is 1. The maximum atomic E-state index is 13.0. The first-order valence-electron chi connectivity index (χ1n) is 8.69. The van der Waals surface area contributed by atoms with Crippen molar-refractivity contribution in [3.05, 3.63) is 90.0 Å². The smallest absolute Gasteiger partial charge is 0.252 e. The molecular formula is C22H18N4O. The van der Waals surface area contributed by atoms with Crippen molar-refractivity contribution in [2.45, 2.75) is 13.5 Å². The van der Waals surface area contributed by atoms with E-state index in [1.54, 1.807) is 24.8 Å². The molecule has 4 rings (SSSR count). The zero-order valence-electron chi connectivity index (χ0n) is 14.9. The molecule has 4 aromatic rings. The van der Waals surface area contributed by atoms with E-state index in [4.69, 9.17) is 4.98 Å². The maximum Gasteiger partial charge on any atom is 0.252 e. The minimum atomic E-state index is -0.132. The van der Waals surface area contributed by atoms with Crippen LogP contribution in [0.4, 0.5) is 0 Å². The molecule has 3 heterocycles. The van der Waals surface area contributed by atoms with Crippen molar-refractivity contribution < 1.29 is 4.79 Å². The van der Waals surface area contributed by atoms with Crippen LogP contribution in [0, 0.1) is 6.92 Å². The molecule has 1 amide bonds. The Hall–Kier alpha value is -3.60. The summed E-state index contributed by atoms with van der Waals surface area (Å²) in [7, 11) is 0. The SMILES string of the molecule is Cc1ccc2nc(-c3ccncc3)cc(C(=O)NCc3cccnc3)c2c1. The van der Waals surface area contributed by atoms with Gasteiger partial charge >= 0.3 is 0 Å². The summed E-state index contributed by atoms with van der Waals surface area (Å²) < 4.78 is 0. The van der Waals surface area contributed by atoms with E-state index >= 15 is 0 Å². The molecule has 0 aliphatic carbocycles. The molecule has 3 aromatic heterocycles. The summed E-state index contributed by atoms with van der Waals surface area (Å²) in [5.74, 6) is -0.132. The second-order valence-corrected chi connectivity index (χ2v) is 6.36. The number of fused-ring (bicyclic) bond motifs is 1. The Balaban J connectivity index is 1.75. The molecule has 0 saturated heterocycles. The predicted molar refractivity (Wildman–Crippen MR) is 105 cm³/mol. The Labute approximate surface area is 157 Å². The largest absolute Gasteiger partial charge is 0.348 e. The third-order valence-electron chi connectivity index (χ3n) is 4.36. The normalized spacial score (nSPS) is 10.7. The van der Waals surface area contributed by atoms with Crippen molar-refractivity contribution in [2.24, 2.45) is 0 Å². The predicted octanol–water partition coefficient (Wildman–Crippen LogP) is 3.93. The summed E-state index contributed by atoms with van der Waals surface area (Å²) in [5.41, 5.74) is 5.12. The molecule has 1 N–H and O–H groups in total. The number of nitrogens with one attached hydrogen (secondary N) is 1. The number of aryl methyl sites for hydroxylation is 1. The molecule has 1 aromatic carbocycles. The Bertz CT molecular complexity index is 1100. The van der Waals surface area contributed by atoms with Gasteiger partial charge in [-0.25, -0.2) is 4.98 Å². The van der Waals surface area contributed by atoms with E-state index in [1.165, 1.54) is 0 Å². The molecule has 0 fully saturated rings. The molecule has 0 spiro atoms. The number of amides is 1. The van der Waals surface area contributed by atoms with Crippen LogP contribution in [0.2, 0.25) is 0 Å². The van der Waals surface area contributed by atoms with Gasteiger partial charge in [-0.15, -0.1) is 0 Å². The number of hydrogen-bond acceptors (Lipinski definition) is 4. The van der Waals surface area contributed by atoms with Crippen molar-refractivity contribution in [2.75, 3.05) is 0 Å². The standard InChI is InChI=1S/C22H18N4O/c1-15-4-5-20-18(11-15)19(12-21(26-20)17-6-9-23-10-7-17)22(27)25-14-16-3-2-8-24-13-16/h2-13H,14H2,1H3,(H,25,27). The van der Waals surface area contributed by atoms with Crippen molar-refractivity contribution in [1.82, 2.24) is 20.3 Å². The molecule has 5 heteroatoms. The summed E-state index contributed by atoms with van der Waals surface area (Å²) in [4.78, 5) is 25.8. The second kappa shape index (κ2) is 7.33. The summed E-state index contributed by atoms with van der Waals surface area (Å²) >= 11 is 0. The van der Waals surface area contributed by atoms with Gasteiger partial charge in [-0.3, -0.25) is 14.8 Å². The molecule has 5 nitrogen and oxygen atoms in total. The first-order valence-corrected chi connectivity index (χ1v) is 8.69. The van der Waals surface area contributed by atoms with Gasteiger partial charge in [-0.1, -0.05) is 17.7 Å². The molecule has 27 heavy (non-hydrogen) atoms. The maximum absolute atomic E-state index is 13.0. The van der Waals surface area contributed by atoms with Gasteiger partial charge < -0.3 is 5.32 Å². The zero-order valence-corrected chi connectivity index (χ0v) is 14.9. The zero-order chi connectivity index (χ0) is 18.6. The van der Waals surface area contributed by atoms with E-state index < -0.39 is 0 Å². The Kier molecular flexibility index (Phi) is 4.58. The quantitative estimate of drug-likeness (QED) is 0.603. The van der Waals surface area contributed by atoms with Gasteiger partial charge in [-0.05, 0) is 48.9 Å². The van der Waals surface area contributed by atoms with Crippen molar-refractivity contribution >= 4 is 16.8 Å². The molecule has 0 aliphatic heterocycles. The Morgan fingerprint density at radius 2 is 1.85 bits per heavy atom. The summed E-state index contributed by atoms with van der Waals surface area (Å²) in [6, 6.07) is 15.4. The molecule has 0 atom stereocenters. The second-order valence-electron chi connectivity index (χ2n) is 6.36. The topological polar surface area (TPSA) is 67.8 Å². The molecular weight excluding hydrogens is 336 g/mol. The lowest BCUT2D eigenvalue weighted by atomic mass is 10.0. The summed E-state index contributed by atoms with van der Waals surface area (Å²) in [5, 5.41) is 3.83. The highest BCUT2D eigenvalue weighted by atomic mass is 16.1. The van der Waals surface area contributed by atoms with E-state index in [0.717, 1.165) is 33.3 Å². The average Bonchev–Trinajstić information content (AvgIpc) is 2.72. The lowest BCUT2D eigenvalue weighted by molar-refractivity contribution is 0.0952. The van der Waals surface area contributed by atoms with Crippen LogP contribution in [0.1, 0.15) is 21.5 Å². The third kappa shape index (κ3) is 3.67. The van der Waals surface area contributed by atoms with Gasteiger partial charge in [0.1, 0.15) is 0 Å².